The van der Waals surface area contributed by atoms with E-state index in [-0.39, 0.29) is 0 Å². The Bertz CT molecular complexity index is 985. The minimum atomic E-state index is -0.781. The van der Waals surface area contributed by atoms with Gasteiger partial charge in [0.2, 0.25) is 0 Å². The standard InChI is InChI=1S/C25H33N3O2/c1-16-23(17(2)30-28-16)18-13-22-24(27-14-18)21(15-26-22)25(29,19-9-5-3-6-10-19)20-11-7-4-8-12-20/h13-15,19-20,26,29H,3-12H2,1-2H3. The molecule has 2 N–H and O–H groups in total. The molecule has 2 aliphatic rings. The predicted octanol–water partition coefficient (Wildman–Crippen LogP) is 6.18. The van der Waals surface area contributed by atoms with E-state index in [9.17, 15) is 5.11 Å². The average molecular weight is 408 g/mol. The number of pyridine rings is 1. The van der Waals surface area contributed by atoms with Crippen LogP contribution in [0.1, 0.15) is 81.2 Å². The molecule has 3 aromatic rings. The molecule has 3 aromatic heterocycles. The van der Waals surface area contributed by atoms with Crippen molar-refractivity contribution in [1.29, 1.82) is 0 Å². The summed E-state index contributed by atoms with van der Waals surface area (Å²) in [5.74, 6) is 1.47. The summed E-state index contributed by atoms with van der Waals surface area (Å²) in [6.45, 7) is 3.89. The predicted molar refractivity (Wildman–Crippen MR) is 118 cm³/mol. The van der Waals surface area contributed by atoms with Crippen LogP contribution in [0.5, 0.6) is 0 Å². The van der Waals surface area contributed by atoms with Crippen molar-refractivity contribution in [3.8, 4) is 11.1 Å². The van der Waals surface area contributed by atoms with Crippen LogP contribution in [0.3, 0.4) is 0 Å². The fraction of sp³-hybridized carbons (Fsp3) is 0.600. The summed E-state index contributed by atoms with van der Waals surface area (Å²) in [7, 11) is 0. The van der Waals surface area contributed by atoms with E-state index in [2.05, 4.69) is 16.2 Å². The number of hydrogen-bond acceptors (Lipinski definition) is 4. The Morgan fingerprint density at radius 1 is 1.00 bits per heavy atom. The van der Waals surface area contributed by atoms with Gasteiger partial charge in [-0.25, -0.2) is 0 Å². The van der Waals surface area contributed by atoms with Crippen molar-refractivity contribution < 1.29 is 9.63 Å². The first kappa shape index (κ1) is 19.8. The Hall–Kier alpha value is -2.14. The van der Waals surface area contributed by atoms with E-state index in [1.165, 1.54) is 38.5 Å². The number of H-pyrrole nitrogens is 1. The van der Waals surface area contributed by atoms with Crippen LogP contribution in [0.25, 0.3) is 22.2 Å². The molecule has 0 spiro atoms. The molecule has 0 amide bonds. The van der Waals surface area contributed by atoms with E-state index in [1.807, 2.05) is 26.2 Å². The fourth-order valence-corrected chi connectivity index (χ4v) is 6.20. The van der Waals surface area contributed by atoms with Gasteiger partial charge in [0.1, 0.15) is 5.76 Å². The van der Waals surface area contributed by atoms with E-state index in [0.29, 0.717) is 11.8 Å². The van der Waals surface area contributed by atoms with Crippen LogP contribution in [0, 0.1) is 25.7 Å². The van der Waals surface area contributed by atoms with Crippen LogP contribution in [0.2, 0.25) is 0 Å². The smallest absolute Gasteiger partial charge is 0.141 e. The highest BCUT2D eigenvalue weighted by Gasteiger charge is 2.47. The van der Waals surface area contributed by atoms with Crippen LogP contribution in [0.4, 0.5) is 0 Å². The molecular weight excluding hydrogens is 374 g/mol. The lowest BCUT2D eigenvalue weighted by atomic mass is 9.64. The van der Waals surface area contributed by atoms with Crippen LogP contribution in [0.15, 0.2) is 23.0 Å². The van der Waals surface area contributed by atoms with Gasteiger partial charge in [-0.1, -0.05) is 43.7 Å². The second-order valence-electron chi connectivity index (χ2n) is 9.52. The Morgan fingerprint density at radius 2 is 1.63 bits per heavy atom. The summed E-state index contributed by atoms with van der Waals surface area (Å²) in [6, 6.07) is 2.13. The van der Waals surface area contributed by atoms with Crippen molar-refractivity contribution in [3.63, 3.8) is 0 Å². The van der Waals surface area contributed by atoms with Gasteiger partial charge in [0.25, 0.3) is 0 Å². The zero-order valence-corrected chi connectivity index (χ0v) is 18.2. The second kappa shape index (κ2) is 7.84. The monoisotopic (exact) mass is 407 g/mol. The SMILES string of the molecule is Cc1noc(C)c1-c1cnc2c(C(O)(C3CCCCC3)C3CCCCC3)c[nH]c2c1. The van der Waals surface area contributed by atoms with Crippen molar-refractivity contribution in [3.05, 3.63) is 35.5 Å². The quantitative estimate of drug-likeness (QED) is 0.541. The summed E-state index contributed by atoms with van der Waals surface area (Å²) in [4.78, 5) is 8.31. The highest BCUT2D eigenvalue weighted by Crippen LogP contribution is 2.50. The highest BCUT2D eigenvalue weighted by molar-refractivity contribution is 5.85. The molecule has 2 fully saturated rings. The number of aromatic amines is 1. The van der Waals surface area contributed by atoms with Crippen LogP contribution >= 0.6 is 0 Å². The average Bonchev–Trinajstić information content (AvgIpc) is 3.37. The third-order valence-corrected chi connectivity index (χ3v) is 7.72. The topological polar surface area (TPSA) is 74.9 Å². The molecule has 0 aliphatic heterocycles. The molecule has 3 heterocycles. The summed E-state index contributed by atoms with van der Waals surface area (Å²) in [6.07, 6.45) is 15.9. The van der Waals surface area contributed by atoms with Crippen molar-refractivity contribution in [2.24, 2.45) is 11.8 Å². The molecule has 30 heavy (non-hydrogen) atoms. The van der Waals surface area contributed by atoms with Crippen molar-refractivity contribution in [2.75, 3.05) is 0 Å². The number of aromatic nitrogens is 3. The van der Waals surface area contributed by atoms with Gasteiger partial charge in [-0.05, 0) is 57.4 Å². The Balaban J connectivity index is 1.59. The van der Waals surface area contributed by atoms with E-state index < -0.39 is 5.60 Å². The number of aryl methyl sites for hydroxylation is 2. The lowest BCUT2D eigenvalue weighted by Gasteiger charge is -2.45. The molecule has 5 heteroatoms. The van der Waals surface area contributed by atoms with Crippen LogP contribution in [-0.2, 0) is 5.60 Å². The molecule has 5 nitrogen and oxygen atoms in total. The normalized spacial score (nSPS) is 19.6. The Kier molecular flexibility index (Phi) is 5.18. The van der Waals surface area contributed by atoms with Gasteiger partial charge in [0, 0.05) is 29.1 Å². The minimum Gasteiger partial charge on any atom is -0.384 e. The number of fused-ring (bicyclic) bond motifs is 1. The van der Waals surface area contributed by atoms with Gasteiger partial charge in [0.15, 0.2) is 0 Å². The second-order valence-corrected chi connectivity index (χ2v) is 9.52. The zero-order valence-electron chi connectivity index (χ0n) is 18.2. The number of rotatable bonds is 4. The molecule has 0 radical (unpaired) electrons. The first-order chi connectivity index (χ1) is 14.6. The fourth-order valence-electron chi connectivity index (χ4n) is 6.20. The minimum absolute atomic E-state index is 0.331. The Morgan fingerprint density at radius 3 is 2.20 bits per heavy atom. The highest BCUT2D eigenvalue weighted by atomic mass is 16.5. The molecule has 2 saturated carbocycles. The van der Waals surface area contributed by atoms with Gasteiger partial charge < -0.3 is 14.6 Å². The van der Waals surface area contributed by atoms with Crippen molar-refractivity contribution >= 4 is 11.0 Å². The molecule has 0 aromatic carbocycles. The lowest BCUT2D eigenvalue weighted by Crippen LogP contribution is -2.44. The molecule has 0 bridgehead atoms. The molecule has 2 aliphatic carbocycles. The molecule has 0 unspecified atom stereocenters. The lowest BCUT2D eigenvalue weighted by molar-refractivity contribution is -0.0979. The number of nitrogens with zero attached hydrogens (tertiary/aromatic N) is 2. The summed E-state index contributed by atoms with van der Waals surface area (Å²) in [5, 5.41) is 16.5. The number of nitrogens with one attached hydrogen (secondary N) is 1. The molecule has 0 saturated heterocycles. The maximum atomic E-state index is 12.4. The summed E-state index contributed by atoms with van der Waals surface area (Å²) < 4.78 is 5.35. The third-order valence-electron chi connectivity index (χ3n) is 7.72. The van der Waals surface area contributed by atoms with Crippen molar-refractivity contribution in [1.82, 2.24) is 15.1 Å². The van der Waals surface area contributed by atoms with Crippen LogP contribution in [-0.4, -0.2) is 20.2 Å². The third kappa shape index (κ3) is 3.18. The number of hydrogen-bond donors (Lipinski definition) is 2. The van der Waals surface area contributed by atoms with Gasteiger partial charge in [0.05, 0.1) is 22.3 Å². The summed E-state index contributed by atoms with van der Waals surface area (Å²) in [5.41, 5.74) is 5.03. The van der Waals surface area contributed by atoms with Gasteiger partial charge >= 0.3 is 0 Å². The van der Waals surface area contributed by atoms with E-state index in [1.54, 1.807) is 0 Å². The first-order valence-electron chi connectivity index (χ1n) is 11.7. The van der Waals surface area contributed by atoms with Gasteiger partial charge in [-0.2, -0.15) is 0 Å². The summed E-state index contributed by atoms with van der Waals surface area (Å²) >= 11 is 0. The first-order valence-corrected chi connectivity index (χ1v) is 11.7. The van der Waals surface area contributed by atoms with Crippen LogP contribution < -0.4 is 0 Å². The largest absolute Gasteiger partial charge is 0.384 e. The molecular formula is C25H33N3O2. The maximum Gasteiger partial charge on any atom is 0.141 e. The maximum absolute atomic E-state index is 12.4. The van der Waals surface area contributed by atoms with E-state index in [4.69, 9.17) is 9.51 Å². The van der Waals surface area contributed by atoms with Gasteiger partial charge in [-0.3, -0.25) is 4.98 Å². The zero-order chi connectivity index (χ0) is 20.7. The van der Waals surface area contributed by atoms with E-state index in [0.717, 1.165) is 64.9 Å². The molecule has 160 valence electrons. The van der Waals surface area contributed by atoms with Crippen molar-refractivity contribution in [2.45, 2.75) is 83.7 Å². The number of aliphatic hydroxyl groups is 1. The van der Waals surface area contributed by atoms with Gasteiger partial charge in [-0.15, -0.1) is 0 Å². The molecule has 0 atom stereocenters. The Labute approximate surface area is 178 Å². The molecule has 5 rings (SSSR count). The van der Waals surface area contributed by atoms with E-state index >= 15 is 0 Å².